The molecule has 0 saturated heterocycles. The first kappa shape index (κ1) is 85.6. The van der Waals surface area contributed by atoms with Gasteiger partial charge in [0.25, 0.3) is 0 Å². The summed E-state index contributed by atoms with van der Waals surface area (Å²) in [7, 11) is 0. The molecule has 332 valence electrons. The quantitative estimate of drug-likeness (QED) is 0.181. The van der Waals surface area contributed by atoms with Crippen molar-refractivity contribution in [2.75, 3.05) is 13.2 Å². The number of carbonyl (C=O) groups is 12. The number of carboxylic acid groups (broad SMARTS) is 24. The number of hydrogen-bond donors (Lipinski definition) is 26. The van der Waals surface area contributed by atoms with Crippen LogP contribution in [0.5, 0.6) is 0 Å². The zero-order valence-electron chi connectivity index (χ0n) is 26.1. The number of unbranched alkanes of at least 4 members (excludes halogenated alkanes) is 2. The summed E-state index contributed by atoms with van der Waals surface area (Å²) < 4.78 is 0. The highest BCUT2D eigenvalue weighted by Gasteiger charge is 1.82. The lowest BCUT2D eigenvalue weighted by Gasteiger charge is -1.90. The molecule has 0 amide bonds. The third-order valence-electron chi connectivity index (χ3n) is 0.816. The van der Waals surface area contributed by atoms with Crippen molar-refractivity contribution >= 4 is 73.9 Å². The Labute approximate surface area is 297 Å². The predicted molar refractivity (Wildman–Crippen MR) is 156 cm³/mol. The van der Waals surface area contributed by atoms with Gasteiger partial charge < -0.3 is 133 Å². The van der Waals surface area contributed by atoms with Crippen LogP contribution in [0.1, 0.15) is 19.3 Å². The molecule has 0 fully saturated rings. The summed E-state index contributed by atoms with van der Waals surface area (Å²) in [5, 5.41) is 184. The maximum atomic E-state index is 8.56. The van der Waals surface area contributed by atoms with E-state index in [-0.39, 0.29) is 13.2 Å². The van der Waals surface area contributed by atoms with Crippen molar-refractivity contribution in [3.05, 3.63) is 0 Å². The fourth-order valence-electron chi connectivity index (χ4n) is 0.400. The maximum Gasteiger partial charge on any atom is 0.503 e. The standard InChI is InChI=1S/C5H12O2.12CH2O3/c6-4-2-1-3-5-7;12*2-1(3)4/h6-7H,1-5H2;12*(H2,2,3,4). The monoisotopic (exact) mass is 848 g/mol. The first-order chi connectivity index (χ1) is 24.2. The highest BCUT2D eigenvalue weighted by molar-refractivity contribution is 5.55. The smallest absolute Gasteiger partial charge is 0.450 e. The largest absolute Gasteiger partial charge is 0.503 e. The lowest BCUT2D eigenvalue weighted by molar-refractivity contribution is 0.135. The Hall–Kier alpha value is -8.84. The van der Waals surface area contributed by atoms with Crippen LogP contribution >= 0.6 is 0 Å². The molecule has 0 aliphatic heterocycles. The number of aliphatic hydroxyl groups is 2. The second-order valence-corrected chi connectivity index (χ2v) is 4.90. The van der Waals surface area contributed by atoms with Gasteiger partial charge in [0.05, 0.1) is 0 Å². The van der Waals surface area contributed by atoms with Gasteiger partial charge in [0.15, 0.2) is 0 Å². The predicted octanol–water partition coefficient (Wildman–Crippen LogP) is 2.81. The van der Waals surface area contributed by atoms with E-state index in [1.165, 1.54) is 0 Å². The molecule has 0 rings (SSSR count). The van der Waals surface area contributed by atoms with E-state index >= 15 is 0 Å². The van der Waals surface area contributed by atoms with E-state index in [9.17, 15) is 0 Å². The van der Waals surface area contributed by atoms with Crippen molar-refractivity contribution in [2.45, 2.75) is 19.3 Å². The van der Waals surface area contributed by atoms with E-state index in [4.69, 9.17) is 190 Å². The molecular formula is C17H36O38. The lowest BCUT2D eigenvalue weighted by Crippen LogP contribution is -1.85. The zero-order valence-corrected chi connectivity index (χ0v) is 26.1. The SMILES string of the molecule is O=C(O)O.O=C(O)O.O=C(O)O.O=C(O)O.O=C(O)O.O=C(O)O.O=C(O)O.O=C(O)O.O=C(O)O.O=C(O)O.O=C(O)O.O=C(O)O.OCCCCCO. The molecule has 0 saturated carbocycles. The van der Waals surface area contributed by atoms with Crippen molar-refractivity contribution in [3.8, 4) is 0 Å². The van der Waals surface area contributed by atoms with Gasteiger partial charge in [0, 0.05) is 13.2 Å². The molecule has 38 heteroatoms. The van der Waals surface area contributed by atoms with Gasteiger partial charge in [0.2, 0.25) is 0 Å². The molecular weight excluding hydrogens is 812 g/mol. The van der Waals surface area contributed by atoms with E-state index in [0.717, 1.165) is 19.3 Å². The van der Waals surface area contributed by atoms with Gasteiger partial charge in [0.1, 0.15) is 0 Å². The van der Waals surface area contributed by atoms with E-state index < -0.39 is 73.9 Å². The summed E-state index contributed by atoms with van der Waals surface area (Å²) in [6.07, 6.45) is -19.4. The Morgan fingerprint density at radius 3 is 0.273 bits per heavy atom. The van der Waals surface area contributed by atoms with Crippen LogP contribution in [0.25, 0.3) is 0 Å². The molecule has 26 N–H and O–H groups in total. The first-order valence-electron chi connectivity index (χ1n) is 10.4. The molecule has 55 heavy (non-hydrogen) atoms. The molecule has 0 aliphatic carbocycles. The van der Waals surface area contributed by atoms with Crippen LogP contribution in [0.3, 0.4) is 0 Å². The molecule has 0 aliphatic rings. The maximum absolute atomic E-state index is 8.56. The Morgan fingerprint density at radius 1 is 0.182 bits per heavy atom. The molecule has 0 aromatic rings. The zero-order chi connectivity index (χ0) is 48.5. The normalized spacial score (nSPS) is 6.44. The number of aliphatic hydroxyl groups excluding tert-OH is 2. The Balaban J connectivity index is -0.0000000317. The molecule has 0 aromatic heterocycles. The van der Waals surface area contributed by atoms with Crippen LogP contribution in [0.15, 0.2) is 0 Å². The van der Waals surface area contributed by atoms with Gasteiger partial charge in [-0.25, -0.2) is 57.5 Å². The summed E-state index contributed by atoms with van der Waals surface area (Å²) in [6, 6.07) is 0. The van der Waals surface area contributed by atoms with Crippen LogP contribution in [0, 0.1) is 0 Å². The summed E-state index contributed by atoms with van der Waals surface area (Å²) >= 11 is 0. The summed E-state index contributed by atoms with van der Waals surface area (Å²) in [6.45, 7) is 0.500. The molecule has 0 bridgehead atoms. The molecule has 0 heterocycles. The average molecular weight is 848 g/mol. The van der Waals surface area contributed by atoms with Gasteiger partial charge in [-0.15, -0.1) is 0 Å². The molecule has 0 radical (unpaired) electrons. The Morgan fingerprint density at radius 2 is 0.236 bits per heavy atom. The second-order valence-electron chi connectivity index (χ2n) is 4.90. The van der Waals surface area contributed by atoms with Crippen molar-refractivity contribution in [2.24, 2.45) is 0 Å². The van der Waals surface area contributed by atoms with Crippen LogP contribution in [0.2, 0.25) is 0 Å². The topological polar surface area (TPSA) is 731 Å². The molecule has 0 aromatic carbocycles. The van der Waals surface area contributed by atoms with E-state index in [2.05, 4.69) is 0 Å². The van der Waals surface area contributed by atoms with Crippen LogP contribution in [-0.2, 0) is 0 Å². The van der Waals surface area contributed by atoms with Gasteiger partial charge in [-0.3, -0.25) is 0 Å². The van der Waals surface area contributed by atoms with Gasteiger partial charge in [-0.05, 0) is 19.3 Å². The van der Waals surface area contributed by atoms with E-state index in [1.54, 1.807) is 0 Å². The van der Waals surface area contributed by atoms with Gasteiger partial charge in [-0.2, -0.15) is 0 Å². The van der Waals surface area contributed by atoms with Gasteiger partial charge >= 0.3 is 73.9 Å². The number of rotatable bonds is 4. The fourth-order valence-corrected chi connectivity index (χ4v) is 0.400. The Kier molecular flexibility index (Phi) is 133. The summed E-state index contributed by atoms with van der Waals surface area (Å²) in [4.78, 5) is 103. The first-order valence-corrected chi connectivity index (χ1v) is 10.4. The van der Waals surface area contributed by atoms with Crippen molar-refractivity contribution in [1.29, 1.82) is 0 Å². The van der Waals surface area contributed by atoms with Crippen molar-refractivity contribution in [1.82, 2.24) is 0 Å². The number of hydrogen-bond acceptors (Lipinski definition) is 14. The van der Waals surface area contributed by atoms with Crippen molar-refractivity contribution < 1.29 is 190 Å². The van der Waals surface area contributed by atoms with E-state index in [0.29, 0.717) is 0 Å². The Bertz CT molecular complexity index is 656. The molecule has 0 unspecified atom stereocenters. The lowest BCUT2D eigenvalue weighted by atomic mass is 10.2. The minimum atomic E-state index is -1.83. The van der Waals surface area contributed by atoms with Crippen molar-refractivity contribution in [3.63, 3.8) is 0 Å². The van der Waals surface area contributed by atoms with Crippen LogP contribution < -0.4 is 0 Å². The highest BCUT2D eigenvalue weighted by Crippen LogP contribution is 1.90. The minimum absolute atomic E-state index is 0.250. The average Bonchev–Trinajstić information content (AvgIpc) is 2.80. The third-order valence-corrected chi connectivity index (χ3v) is 0.816. The molecule has 0 spiro atoms. The minimum Gasteiger partial charge on any atom is -0.450 e. The van der Waals surface area contributed by atoms with Crippen LogP contribution in [0.4, 0.5) is 57.5 Å². The third kappa shape index (κ3) is 3590. The summed E-state index contributed by atoms with van der Waals surface area (Å²) in [5.41, 5.74) is 0. The fraction of sp³-hybridized carbons (Fsp3) is 0.294. The summed E-state index contributed by atoms with van der Waals surface area (Å²) in [5.74, 6) is 0. The van der Waals surface area contributed by atoms with Crippen LogP contribution in [-0.4, -0.2) is 220 Å². The molecule has 0 atom stereocenters. The molecule has 38 nitrogen and oxygen atoms in total. The van der Waals surface area contributed by atoms with E-state index in [1.807, 2.05) is 0 Å². The van der Waals surface area contributed by atoms with Gasteiger partial charge in [-0.1, -0.05) is 0 Å². The second kappa shape index (κ2) is 85.1. The highest BCUT2D eigenvalue weighted by atomic mass is 16.6.